The van der Waals surface area contributed by atoms with E-state index in [2.05, 4.69) is 175 Å². The lowest BCUT2D eigenvalue weighted by Crippen LogP contribution is -2.17. The first kappa shape index (κ1) is 28.7. The third-order valence-electron chi connectivity index (χ3n) is 8.66. The molecule has 47 heavy (non-hydrogen) atoms. The lowest BCUT2D eigenvalue weighted by molar-refractivity contribution is 1.18. The van der Waals surface area contributed by atoms with Gasteiger partial charge in [0, 0.05) is 38.4 Å². The van der Waals surface area contributed by atoms with E-state index >= 15 is 0 Å². The topological polar surface area (TPSA) is 16.1 Å². The van der Waals surface area contributed by atoms with Crippen LogP contribution in [0.3, 0.4) is 0 Å². The van der Waals surface area contributed by atoms with Gasteiger partial charge in [0.05, 0.1) is 15.9 Å². The Morgan fingerprint density at radius 2 is 1.30 bits per heavy atom. The molecule has 0 saturated carbocycles. The van der Waals surface area contributed by atoms with E-state index in [0.29, 0.717) is 0 Å². The number of thiophene rings is 1. The molecule has 2 nitrogen and oxygen atoms in total. The summed E-state index contributed by atoms with van der Waals surface area (Å²) in [5, 5.41) is 3.69. The van der Waals surface area contributed by atoms with E-state index in [1.165, 1.54) is 47.8 Å². The summed E-state index contributed by atoms with van der Waals surface area (Å²) >= 11 is 1.83. The van der Waals surface area contributed by atoms with Gasteiger partial charge in [-0.25, -0.2) is 0 Å². The van der Waals surface area contributed by atoms with Gasteiger partial charge in [0.25, 0.3) is 0 Å². The molecule has 0 bridgehead atoms. The van der Waals surface area contributed by atoms with Crippen LogP contribution in [-0.2, 0) is 0 Å². The van der Waals surface area contributed by atoms with Crippen LogP contribution in [0, 0.1) is 0 Å². The maximum Gasteiger partial charge on any atom is 0.0887 e. The molecule has 8 rings (SSSR count). The van der Waals surface area contributed by atoms with Gasteiger partial charge in [-0.05, 0) is 76.7 Å². The molecule has 7 aromatic rings. The molecule has 0 fully saturated rings. The molecule has 5 aromatic carbocycles. The van der Waals surface area contributed by atoms with Gasteiger partial charge in [0.1, 0.15) is 0 Å². The molecule has 0 spiro atoms. The van der Waals surface area contributed by atoms with Gasteiger partial charge in [-0.15, -0.1) is 11.3 Å². The molecule has 0 atom stereocenters. The highest BCUT2D eigenvalue weighted by Gasteiger charge is 2.22. The van der Waals surface area contributed by atoms with Crippen molar-refractivity contribution in [3.8, 4) is 22.3 Å². The molecule has 1 aliphatic carbocycles. The Hall–Kier alpha value is -5.77. The summed E-state index contributed by atoms with van der Waals surface area (Å²) in [4.78, 5) is 7.25. The zero-order chi connectivity index (χ0) is 31.6. The fourth-order valence-corrected chi connectivity index (χ4v) is 7.76. The minimum Gasteiger partial charge on any atom is -0.310 e. The highest BCUT2D eigenvalue weighted by molar-refractivity contribution is 7.26. The number of fused-ring (bicyclic) bond motifs is 5. The Kier molecular flexibility index (Phi) is 7.66. The molecule has 2 heterocycles. The Balaban J connectivity index is 1.37. The van der Waals surface area contributed by atoms with E-state index in [1.54, 1.807) is 0 Å². The lowest BCUT2D eigenvalue weighted by Gasteiger charge is -2.29. The van der Waals surface area contributed by atoms with E-state index in [-0.39, 0.29) is 0 Å². The summed E-state index contributed by atoms with van der Waals surface area (Å²) < 4.78 is 2.49. The quantitative estimate of drug-likeness (QED) is 0.190. The summed E-state index contributed by atoms with van der Waals surface area (Å²) in [5.74, 6) is 0. The van der Waals surface area contributed by atoms with Crippen LogP contribution in [0.4, 0.5) is 11.4 Å². The van der Waals surface area contributed by atoms with Crippen LogP contribution < -0.4 is 4.90 Å². The molecule has 0 aliphatic heterocycles. The Morgan fingerprint density at radius 1 is 0.617 bits per heavy atom. The first-order valence-electron chi connectivity index (χ1n) is 15.9. The third kappa shape index (κ3) is 5.31. The predicted octanol–water partition coefficient (Wildman–Crippen LogP) is 12.6. The van der Waals surface area contributed by atoms with E-state index in [4.69, 9.17) is 4.98 Å². The van der Waals surface area contributed by atoms with Crippen molar-refractivity contribution in [2.24, 2.45) is 0 Å². The first-order valence-corrected chi connectivity index (χ1v) is 16.7. The Morgan fingerprint density at radius 3 is 2.13 bits per heavy atom. The largest absolute Gasteiger partial charge is 0.310 e. The van der Waals surface area contributed by atoms with E-state index in [1.807, 2.05) is 17.5 Å². The summed E-state index contributed by atoms with van der Waals surface area (Å²) in [5.41, 5.74) is 9.97. The summed E-state index contributed by atoms with van der Waals surface area (Å²) in [6.45, 7) is 4.47. The normalized spacial score (nSPS) is 15.4. The first-order chi connectivity index (χ1) is 23.3. The van der Waals surface area contributed by atoms with Crippen molar-refractivity contribution in [1.29, 1.82) is 0 Å². The second-order valence-corrected chi connectivity index (χ2v) is 12.6. The van der Waals surface area contributed by atoms with Crippen molar-refractivity contribution < 1.29 is 0 Å². The third-order valence-corrected chi connectivity index (χ3v) is 9.83. The van der Waals surface area contributed by atoms with Crippen LogP contribution in [-0.4, -0.2) is 4.98 Å². The standard InChI is InChI=1S/C44H32N2S/c1-31-17-8-4-2-3-5-13-24-38(31)46(34-20-11-7-12-21-34)35-28-26-33(27-29-35)41-40(32-18-9-6-10-19-32)37-23-16-30-45-43(37)44-42(41)36-22-14-15-25-39(36)47-44/h2,4-30H,1,3H2/b4-2-,13-5-,17-8-,38-24?. The molecule has 0 N–H and O–H groups in total. The number of rotatable bonds is 5. The number of allylic oxidation sites excluding steroid dienone is 7. The number of aromatic nitrogens is 1. The molecule has 2 aromatic heterocycles. The second-order valence-electron chi connectivity index (χ2n) is 11.6. The zero-order valence-electron chi connectivity index (χ0n) is 25.9. The van der Waals surface area contributed by atoms with Gasteiger partial charge in [0.2, 0.25) is 0 Å². The molecule has 0 radical (unpaired) electrons. The SMILES string of the molecule is C=C1/C=C\C=C/C/C=C\C=C1N(c1ccccc1)c1ccc(-c2c(-c3ccccc3)c3cccnc3c3sc4ccccc4c23)cc1. The molecular weight excluding hydrogens is 589 g/mol. The number of hydrogen-bond acceptors (Lipinski definition) is 3. The van der Waals surface area contributed by atoms with Crippen LogP contribution in [0.2, 0.25) is 0 Å². The molecule has 1 aliphatic rings. The summed E-state index contributed by atoms with van der Waals surface area (Å²) in [6.07, 6.45) is 17.6. The smallest absolute Gasteiger partial charge is 0.0887 e. The lowest BCUT2D eigenvalue weighted by atomic mass is 9.87. The summed E-state index contributed by atoms with van der Waals surface area (Å²) in [7, 11) is 0. The van der Waals surface area contributed by atoms with Crippen LogP contribution >= 0.6 is 11.3 Å². The number of hydrogen-bond donors (Lipinski definition) is 0. The van der Waals surface area contributed by atoms with E-state index < -0.39 is 0 Å². The molecule has 0 saturated heterocycles. The zero-order valence-corrected chi connectivity index (χ0v) is 26.7. The van der Waals surface area contributed by atoms with Crippen molar-refractivity contribution in [3.05, 3.63) is 188 Å². The molecule has 0 amide bonds. The van der Waals surface area contributed by atoms with E-state index in [9.17, 15) is 0 Å². The Bertz CT molecular complexity index is 2370. The monoisotopic (exact) mass is 620 g/mol. The number of nitrogens with zero attached hydrogens (tertiary/aromatic N) is 2. The fraction of sp³-hybridized carbons (Fsp3) is 0.0227. The maximum atomic E-state index is 4.96. The van der Waals surface area contributed by atoms with Gasteiger partial charge in [-0.2, -0.15) is 0 Å². The van der Waals surface area contributed by atoms with Crippen LogP contribution in [0.5, 0.6) is 0 Å². The number of benzene rings is 5. The van der Waals surface area contributed by atoms with Gasteiger partial charge >= 0.3 is 0 Å². The fourth-order valence-electron chi connectivity index (χ4n) is 6.54. The highest BCUT2D eigenvalue weighted by atomic mass is 32.1. The molecule has 224 valence electrons. The summed E-state index contributed by atoms with van der Waals surface area (Å²) in [6, 6.07) is 43.3. The number of para-hydroxylation sites is 1. The van der Waals surface area contributed by atoms with Crippen molar-refractivity contribution in [3.63, 3.8) is 0 Å². The predicted molar refractivity (Wildman–Crippen MR) is 203 cm³/mol. The minimum atomic E-state index is 0.886. The molecule has 3 heteroatoms. The van der Waals surface area contributed by atoms with Crippen molar-refractivity contribution in [2.45, 2.75) is 6.42 Å². The van der Waals surface area contributed by atoms with Gasteiger partial charge in [-0.3, -0.25) is 4.98 Å². The van der Waals surface area contributed by atoms with Crippen LogP contribution in [0.25, 0.3) is 53.3 Å². The van der Waals surface area contributed by atoms with E-state index in [0.717, 1.165) is 34.6 Å². The second kappa shape index (κ2) is 12.6. The van der Waals surface area contributed by atoms with Crippen molar-refractivity contribution >= 4 is 53.8 Å². The maximum absolute atomic E-state index is 4.96. The van der Waals surface area contributed by atoms with Gasteiger partial charge in [0.15, 0.2) is 0 Å². The van der Waals surface area contributed by atoms with Crippen LogP contribution in [0.15, 0.2) is 188 Å². The highest BCUT2D eigenvalue weighted by Crippen LogP contribution is 2.49. The minimum absolute atomic E-state index is 0.886. The van der Waals surface area contributed by atoms with Gasteiger partial charge < -0.3 is 4.90 Å². The molecular formula is C44H32N2S. The number of anilines is 2. The Labute approximate surface area is 279 Å². The van der Waals surface area contributed by atoms with Gasteiger partial charge in [-0.1, -0.05) is 128 Å². The average molecular weight is 621 g/mol. The number of pyridine rings is 1. The average Bonchev–Trinajstić information content (AvgIpc) is 3.52. The van der Waals surface area contributed by atoms with Crippen LogP contribution in [0.1, 0.15) is 6.42 Å². The molecule has 0 unspecified atom stereocenters. The van der Waals surface area contributed by atoms with Crippen molar-refractivity contribution in [1.82, 2.24) is 4.98 Å². The van der Waals surface area contributed by atoms with Crippen molar-refractivity contribution in [2.75, 3.05) is 4.90 Å².